The predicted octanol–water partition coefficient (Wildman–Crippen LogP) is 6.13. The van der Waals surface area contributed by atoms with Gasteiger partial charge in [-0.15, -0.1) is 0 Å². The standard InChI is InChI=1S/C31H37N3O5S.C2HF3O2/c1-22(2)39-30(36)25-13-14-28-23(19-25)15-17-34(28)18-16-31(3,4)32-21-29(35)24-9-8-10-26(20-24)33-40(37,38)27-11-6-5-7-12-27;3-2(4,5)1(6)7/h5-15,17,19-20,22,29,32-33,35H,16,18,21H2,1-4H3;(H,6,7). The molecule has 1 atom stereocenters. The summed E-state index contributed by atoms with van der Waals surface area (Å²) >= 11 is 0. The second-order valence-corrected chi connectivity index (χ2v) is 13.3. The number of rotatable bonds is 12. The molecule has 0 bridgehead atoms. The number of aliphatic carboxylic acids is 1. The zero-order valence-corrected chi connectivity index (χ0v) is 27.1. The molecule has 1 unspecified atom stereocenters. The van der Waals surface area contributed by atoms with E-state index in [1.54, 1.807) is 48.5 Å². The Morgan fingerprint density at radius 3 is 2.23 bits per heavy atom. The molecule has 0 radical (unpaired) electrons. The van der Waals surface area contributed by atoms with Crippen molar-refractivity contribution >= 4 is 38.6 Å². The van der Waals surface area contributed by atoms with Crippen LogP contribution in [0.5, 0.6) is 0 Å². The quantitative estimate of drug-likeness (QED) is 0.131. The van der Waals surface area contributed by atoms with Gasteiger partial charge in [-0.05, 0) is 88.2 Å². The Morgan fingerprint density at radius 1 is 0.957 bits per heavy atom. The second kappa shape index (κ2) is 15.5. The van der Waals surface area contributed by atoms with Crippen LogP contribution >= 0.6 is 0 Å². The Hall–Kier alpha value is -4.40. The number of carboxylic acids is 1. The van der Waals surface area contributed by atoms with E-state index in [4.69, 9.17) is 14.6 Å². The molecule has 1 aromatic heterocycles. The molecule has 0 aliphatic carbocycles. The summed E-state index contributed by atoms with van der Waals surface area (Å²) in [6.07, 6.45) is -3.28. The highest BCUT2D eigenvalue weighted by Crippen LogP contribution is 2.23. The van der Waals surface area contributed by atoms with E-state index in [0.717, 1.165) is 23.9 Å². The molecule has 10 nitrogen and oxygen atoms in total. The number of hydrogen-bond donors (Lipinski definition) is 4. The van der Waals surface area contributed by atoms with Gasteiger partial charge in [-0.3, -0.25) is 4.72 Å². The van der Waals surface area contributed by atoms with Crippen molar-refractivity contribution < 1.29 is 46.1 Å². The first kappa shape index (κ1) is 37.1. The van der Waals surface area contributed by atoms with Crippen molar-refractivity contribution in [2.24, 2.45) is 0 Å². The highest BCUT2D eigenvalue weighted by Gasteiger charge is 2.38. The third-order valence-corrected chi connectivity index (χ3v) is 8.32. The maximum absolute atomic E-state index is 12.7. The molecule has 14 heteroatoms. The number of carbonyl (C=O) groups excluding carboxylic acids is 1. The largest absolute Gasteiger partial charge is 0.490 e. The highest BCUT2D eigenvalue weighted by molar-refractivity contribution is 7.92. The van der Waals surface area contributed by atoms with Gasteiger partial charge >= 0.3 is 18.1 Å². The molecule has 0 amide bonds. The number of anilines is 1. The van der Waals surface area contributed by atoms with Crippen LogP contribution in [0, 0.1) is 0 Å². The molecular formula is C33H38F3N3O7S. The van der Waals surface area contributed by atoms with E-state index in [1.807, 2.05) is 38.2 Å². The number of nitrogens with one attached hydrogen (secondary N) is 2. The van der Waals surface area contributed by atoms with Crippen LogP contribution < -0.4 is 10.0 Å². The number of halogens is 3. The Morgan fingerprint density at radius 2 is 1.62 bits per heavy atom. The first-order chi connectivity index (χ1) is 21.9. The fourth-order valence-electron chi connectivity index (χ4n) is 4.41. The summed E-state index contributed by atoms with van der Waals surface area (Å²) in [6, 6.07) is 22.5. The molecule has 4 N–H and O–H groups in total. The number of aliphatic hydroxyl groups is 1. The molecule has 0 spiro atoms. The third-order valence-electron chi connectivity index (χ3n) is 6.92. The second-order valence-electron chi connectivity index (χ2n) is 11.6. The van der Waals surface area contributed by atoms with Crippen molar-refractivity contribution in [1.29, 1.82) is 0 Å². The number of carboxylic acid groups (broad SMARTS) is 1. The van der Waals surface area contributed by atoms with E-state index in [-0.39, 0.29) is 22.5 Å². The highest BCUT2D eigenvalue weighted by atomic mass is 32.2. The van der Waals surface area contributed by atoms with Gasteiger partial charge in [0.25, 0.3) is 10.0 Å². The van der Waals surface area contributed by atoms with Crippen LogP contribution in [0.2, 0.25) is 0 Å². The van der Waals surface area contributed by atoms with E-state index in [2.05, 4.69) is 28.5 Å². The molecule has 0 fully saturated rings. The monoisotopic (exact) mass is 677 g/mol. The van der Waals surface area contributed by atoms with Crippen LogP contribution in [-0.4, -0.2) is 59.5 Å². The summed E-state index contributed by atoms with van der Waals surface area (Å²) in [7, 11) is -3.72. The van der Waals surface area contributed by atoms with Crippen molar-refractivity contribution in [3.05, 3.63) is 96.2 Å². The number of aryl methyl sites for hydroxylation is 1. The Labute approximate surface area is 271 Å². The zero-order chi connectivity index (χ0) is 35.0. The van der Waals surface area contributed by atoms with Crippen molar-refractivity contribution in [2.45, 2.75) is 69.5 Å². The van der Waals surface area contributed by atoms with E-state index in [9.17, 15) is 31.5 Å². The summed E-state index contributed by atoms with van der Waals surface area (Å²) in [4.78, 5) is 21.3. The number of benzene rings is 3. The van der Waals surface area contributed by atoms with Gasteiger partial charge in [0.1, 0.15) is 0 Å². The van der Waals surface area contributed by atoms with Gasteiger partial charge in [0.05, 0.1) is 22.7 Å². The Kier molecular flexibility index (Phi) is 12.2. The number of aliphatic hydroxyl groups excluding tert-OH is 1. The molecule has 4 rings (SSSR count). The minimum atomic E-state index is -5.08. The number of aromatic nitrogens is 1. The molecule has 0 saturated carbocycles. The van der Waals surface area contributed by atoms with E-state index in [0.29, 0.717) is 23.4 Å². The van der Waals surface area contributed by atoms with Crippen LogP contribution in [0.4, 0.5) is 18.9 Å². The number of carbonyl (C=O) groups is 2. The summed E-state index contributed by atoms with van der Waals surface area (Å²) in [5, 5.41) is 22.4. The fraction of sp³-hybridized carbons (Fsp3) is 0.333. The van der Waals surface area contributed by atoms with Crippen molar-refractivity contribution in [1.82, 2.24) is 9.88 Å². The lowest BCUT2D eigenvalue weighted by atomic mass is 9.99. The smallest absolute Gasteiger partial charge is 0.475 e. The molecule has 0 aliphatic heterocycles. The number of esters is 1. The van der Waals surface area contributed by atoms with Crippen LogP contribution in [0.15, 0.2) is 90.0 Å². The zero-order valence-electron chi connectivity index (χ0n) is 26.3. The van der Waals surface area contributed by atoms with Crippen LogP contribution in [0.1, 0.15) is 56.1 Å². The van der Waals surface area contributed by atoms with Crippen LogP contribution in [0.3, 0.4) is 0 Å². The lowest BCUT2D eigenvalue weighted by molar-refractivity contribution is -0.192. The van der Waals surface area contributed by atoms with Gasteiger partial charge in [0.2, 0.25) is 0 Å². The van der Waals surface area contributed by atoms with E-state index in [1.165, 1.54) is 12.1 Å². The summed E-state index contributed by atoms with van der Waals surface area (Å²) < 4.78 is 67.1. The Bertz CT molecular complexity index is 1770. The molecule has 47 heavy (non-hydrogen) atoms. The molecular weight excluding hydrogens is 639 g/mol. The number of nitrogens with zero attached hydrogens (tertiary/aromatic N) is 1. The summed E-state index contributed by atoms with van der Waals surface area (Å²) in [5.74, 6) is -3.08. The maximum atomic E-state index is 12.7. The van der Waals surface area contributed by atoms with Gasteiger partial charge < -0.3 is 24.8 Å². The van der Waals surface area contributed by atoms with Gasteiger partial charge in [-0.25, -0.2) is 18.0 Å². The number of hydrogen-bond acceptors (Lipinski definition) is 7. The third kappa shape index (κ3) is 11.1. The van der Waals surface area contributed by atoms with Crippen molar-refractivity contribution in [3.8, 4) is 0 Å². The molecule has 3 aromatic carbocycles. The number of β-amino-alcohol motifs (C(OH)–C–C–N with tert-alkyl or cyclic N) is 1. The van der Waals surface area contributed by atoms with Gasteiger partial charge in [-0.1, -0.05) is 30.3 Å². The lowest BCUT2D eigenvalue weighted by Gasteiger charge is -2.28. The normalized spacial score (nSPS) is 12.7. The minimum Gasteiger partial charge on any atom is -0.475 e. The molecule has 254 valence electrons. The summed E-state index contributed by atoms with van der Waals surface area (Å²) in [5.41, 5.74) is 2.28. The number of ether oxygens (including phenoxy) is 1. The summed E-state index contributed by atoms with van der Waals surface area (Å²) in [6.45, 7) is 8.86. The molecule has 0 aliphatic rings. The number of alkyl halides is 3. The van der Waals surface area contributed by atoms with Gasteiger partial charge in [0.15, 0.2) is 0 Å². The number of sulfonamides is 1. The lowest BCUT2D eigenvalue weighted by Crippen LogP contribution is -2.42. The predicted molar refractivity (Wildman–Crippen MR) is 172 cm³/mol. The average Bonchev–Trinajstić information content (AvgIpc) is 3.41. The Balaban J connectivity index is 0.000000771. The fourth-order valence-corrected chi connectivity index (χ4v) is 5.48. The topological polar surface area (TPSA) is 147 Å². The average molecular weight is 678 g/mol. The van der Waals surface area contributed by atoms with E-state index >= 15 is 0 Å². The molecule has 1 heterocycles. The molecule has 0 saturated heterocycles. The number of fused-ring (bicyclic) bond motifs is 1. The SMILES string of the molecule is CC(C)OC(=O)c1ccc2c(ccn2CCC(C)(C)NCC(O)c2cccc(NS(=O)(=O)c3ccccc3)c2)c1.O=C(O)C(F)(F)F. The van der Waals surface area contributed by atoms with Crippen molar-refractivity contribution in [3.63, 3.8) is 0 Å². The first-order valence-electron chi connectivity index (χ1n) is 14.6. The van der Waals surface area contributed by atoms with Gasteiger partial charge in [-0.2, -0.15) is 13.2 Å². The van der Waals surface area contributed by atoms with Crippen molar-refractivity contribution in [2.75, 3.05) is 11.3 Å². The van der Waals surface area contributed by atoms with Crippen LogP contribution in [-0.2, 0) is 26.1 Å². The minimum absolute atomic E-state index is 0.169. The van der Waals surface area contributed by atoms with Crippen LogP contribution in [0.25, 0.3) is 10.9 Å². The molecule has 4 aromatic rings. The van der Waals surface area contributed by atoms with Gasteiger partial charge in [0, 0.05) is 41.4 Å². The maximum Gasteiger partial charge on any atom is 0.490 e. The van der Waals surface area contributed by atoms with E-state index < -0.39 is 28.3 Å². The first-order valence-corrected chi connectivity index (χ1v) is 16.1.